The fraction of sp³-hybridized carbons (Fsp3) is 0.333. The molecule has 0 saturated carbocycles. The van der Waals surface area contributed by atoms with Gasteiger partial charge in [-0.25, -0.2) is 0 Å². The molecule has 1 aromatic heterocycles. The Labute approximate surface area is 163 Å². The highest BCUT2D eigenvalue weighted by Gasteiger charge is 2.36. The zero-order valence-electron chi connectivity index (χ0n) is 13.7. The van der Waals surface area contributed by atoms with Crippen LogP contribution in [0.2, 0.25) is 0 Å². The van der Waals surface area contributed by atoms with Crippen LogP contribution in [0, 0.1) is 0 Å². The van der Waals surface area contributed by atoms with Crippen LogP contribution in [0.25, 0.3) is 0 Å². The third-order valence-electron chi connectivity index (χ3n) is 4.29. The number of rotatable bonds is 4. The summed E-state index contributed by atoms with van der Waals surface area (Å²) >= 11 is 6.63. The Hall–Kier alpha value is -1.60. The maximum absolute atomic E-state index is 12.8. The number of amides is 2. The van der Waals surface area contributed by atoms with E-state index in [0.717, 1.165) is 10.9 Å². The topological polar surface area (TPSA) is 53.8 Å². The average Bonchev–Trinajstić information content (AvgIpc) is 3.23. The van der Waals surface area contributed by atoms with Crippen molar-refractivity contribution in [2.75, 3.05) is 13.6 Å². The average molecular weight is 470 g/mol. The van der Waals surface area contributed by atoms with Crippen LogP contribution in [0.4, 0.5) is 0 Å². The number of carbonyl (C=O) groups excluding carboxylic acids is 2. The fourth-order valence-corrected chi connectivity index (χ4v) is 3.63. The minimum Gasteiger partial charge on any atom is -0.452 e. The SMILES string of the molecule is CN(Cc1ccc(Br)o1)C(=O)C1CCCN1C(=O)c1ccc(Br)cc1. The predicted molar refractivity (Wildman–Crippen MR) is 101 cm³/mol. The standard InChI is InChI=1S/C18H18Br2N2O3/c1-21(11-14-8-9-16(20)25-14)18(24)15-3-2-10-22(15)17(23)12-4-6-13(19)7-5-12/h4-9,15H,2-3,10-11H2,1H3. The molecule has 1 saturated heterocycles. The maximum Gasteiger partial charge on any atom is 0.254 e. The second kappa shape index (κ2) is 7.74. The predicted octanol–water partition coefficient (Wildman–Crippen LogP) is 4.07. The monoisotopic (exact) mass is 468 g/mol. The van der Waals surface area contributed by atoms with Gasteiger partial charge >= 0.3 is 0 Å². The summed E-state index contributed by atoms with van der Waals surface area (Å²) in [6.07, 6.45) is 1.52. The van der Waals surface area contributed by atoms with Crippen LogP contribution in [0.1, 0.15) is 29.0 Å². The van der Waals surface area contributed by atoms with Crippen LogP contribution < -0.4 is 0 Å². The fourth-order valence-electron chi connectivity index (χ4n) is 3.03. The van der Waals surface area contributed by atoms with E-state index in [-0.39, 0.29) is 11.8 Å². The second-order valence-electron chi connectivity index (χ2n) is 6.06. The van der Waals surface area contributed by atoms with Crippen molar-refractivity contribution in [2.24, 2.45) is 0 Å². The molecule has 1 aliphatic rings. The van der Waals surface area contributed by atoms with Crippen LogP contribution in [0.15, 0.2) is 50.0 Å². The number of benzene rings is 1. The first kappa shape index (κ1) is 18.2. The normalized spacial score (nSPS) is 16.9. The van der Waals surface area contributed by atoms with Gasteiger partial charge in [0.05, 0.1) is 6.54 Å². The molecule has 0 radical (unpaired) electrons. The lowest BCUT2D eigenvalue weighted by Crippen LogP contribution is -2.46. The molecule has 2 heterocycles. The largest absolute Gasteiger partial charge is 0.452 e. The molecule has 1 aromatic carbocycles. The molecule has 1 fully saturated rings. The molecule has 25 heavy (non-hydrogen) atoms. The molecule has 0 spiro atoms. The zero-order chi connectivity index (χ0) is 18.0. The van der Waals surface area contributed by atoms with Gasteiger partial charge in [-0.05, 0) is 65.2 Å². The molecule has 1 atom stereocenters. The highest BCUT2D eigenvalue weighted by Crippen LogP contribution is 2.23. The third-order valence-corrected chi connectivity index (χ3v) is 5.24. The quantitative estimate of drug-likeness (QED) is 0.678. The summed E-state index contributed by atoms with van der Waals surface area (Å²) in [6.45, 7) is 0.979. The van der Waals surface area contributed by atoms with Crippen molar-refractivity contribution >= 4 is 43.7 Å². The smallest absolute Gasteiger partial charge is 0.254 e. The van der Waals surface area contributed by atoms with E-state index in [1.54, 1.807) is 35.0 Å². The zero-order valence-corrected chi connectivity index (χ0v) is 16.9. The molecule has 1 aliphatic heterocycles. The molecule has 3 rings (SSSR count). The molecular formula is C18H18Br2N2O3. The summed E-state index contributed by atoms with van der Waals surface area (Å²) < 4.78 is 7.01. The van der Waals surface area contributed by atoms with E-state index in [4.69, 9.17) is 4.42 Å². The minimum atomic E-state index is -0.417. The number of hydrogen-bond acceptors (Lipinski definition) is 3. The Morgan fingerprint density at radius 2 is 1.92 bits per heavy atom. The lowest BCUT2D eigenvalue weighted by atomic mass is 10.1. The van der Waals surface area contributed by atoms with E-state index in [0.29, 0.717) is 35.5 Å². The highest BCUT2D eigenvalue weighted by molar-refractivity contribution is 9.10. The Kier molecular flexibility index (Phi) is 5.64. The van der Waals surface area contributed by atoms with Gasteiger partial charge in [-0.1, -0.05) is 15.9 Å². The number of furan rings is 1. The van der Waals surface area contributed by atoms with Gasteiger partial charge in [0.25, 0.3) is 5.91 Å². The van der Waals surface area contributed by atoms with E-state index >= 15 is 0 Å². The molecule has 1 unspecified atom stereocenters. The van der Waals surface area contributed by atoms with Crippen molar-refractivity contribution in [3.63, 3.8) is 0 Å². The lowest BCUT2D eigenvalue weighted by Gasteiger charge is -2.27. The van der Waals surface area contributed by atoms with Crippen molar-refractivity contribution in [1.82, 2.24) is 9.80 Å². The van der Waals surface area contributed by atoms with Gasteiger partial charge in [0.1, 0.15) is 11.8 Å². The van der Waals surface area contributed by atoms with Crippen molar-refractivity contribution in [2.45, 2.75) is 25.4 Å². The molecule has 2 amide bonds. The molecule has 5 nitrogen and oxygen atoms in total. The molecule has 7 heteroatoms. The maximum atomic E-state index is 12.8. The summed E-state index contributed by atoms with van der Waals surface area (Å²) in [5, 5.41) is 0. The van der Waals surface area contributed by atoms with E-state index < -0.39 is 6.04 Å². The van der Waals surface area contributed by atoms with E-state index in [2.05, 4.69) is 31.9 Å². The van der Waals surface area contributed by atoms with Crippen molar-refractivity contribution in [3.05, 3.63) is 56.9 Å². The molecule has 0 N–H and O–H groups in total. The Balaban J connectivity index is 1.70. The minimum absolute atomic E-state index is 0.0597. The van der Waals surface area contributed by atoms with Crippen LogP contribution in [0.5, 0.6) is 0 Å². The van der Waals surface area contributed by atoms with Gasteiger partial charge in [-0.15, -0.1) is 0 Å². The van der Waals surface area contributed by atoms with E-state index in [9.17, 15) is 9.59 Å². The van der Waals surface area contributed by atoms with E-state index in [1.807, 2.05) is 18.2 Å². The lowest BCUT2D eigenvalue weighted by molar-refractivity contribution is -0.134. The van der Waals surface area contributed by atoms with Gasteiger partial charge < -0.3 is 14.2 Å². The van der Waals surface area contributed by atoms with Gasteiger partial charge in [0, 0.05) is 23.6 Å². The Morgan fingerprint density at radius 3 is 2.56 bits per heavy atom. The summed E-state index contributed by atoms with van der Waals surface area (Å²) in [5.41, 5.74) is 0.598. The van der Waals surface area contributed by atoms with Gasteiger partial charge in [0.2, 0.25) is 5.91 Å². The van der Waals surface area contributed by atoms with Gasteiger partial charge in [0.15, 0.2) is 4.67 Å². The number of likely N-dealkylation sites (tertiary alicyclic amines) is 1. The van der Waals surface area contributed by atoms with Crippen LogP contribution >= 0.6 is 31.9 Å². The van der Waals surface area contributed by atoms with Gasteiger partial charge in [-0.2, -0.15) is 0 Å². The summed E-state index contributed by atoms with van der Waals surface area (Å²) in [5.74, 6) is 0.541. The highest BCUT2D eigenvalue weighted by atomic mass is 79.9. The first-order valence-electron chi connectivity index (χ1n) is 8.01. The first-order valence-corrected chi connectivity index (χ1v) is 9.60. The molecule has 132 valence electrons. The van der Waals surface area contributed by atoms with Crippen LogP contribution in [-0.2, 0) is 11.3 Å². The molecule has 0 bridgehead atoms. The van der Waals surface area contributed by atoms with Crippen molar-refractivity contribution < 1.29 is 14.0 Å². The molecule has 2 aromatic rings. The van der Waals surface area contributed by atoms with Crippen LogP contribution in [-0.4, -0.2) is 41.2 Å². The van der Waals surface area contributed by atoms with Crippen molar-refractivity contribution in [1.29, 1.82) is 0 Å². The number of halogens is 2. The number of nitrogens with zero attached hydrogens (tertiary/aromatic N) is 2. The van der Waals surface area contributed by atoms with Crippen molar-refractivity contribution in [3.8, 4) is 0 Å². The summed E-state index contributed by atoms with van der Waals surface area (Å²) in [7, 11) is 1.74. The third kappa shape index (κ3) is 4.15. The van der Waals surface area contributed by atoms with Gasteiger partial charge in [-0.3, -0.25) is 9.59 Å². The first-order chi connectivity index (χ1) is 12.0. The molecular weight excluding hydrogens is 452 g/mol. The number of carbonyl (C=O) groups is 2. The molecule has 0 aliphatic carbocycles. The Morgan fingerprint density at radius 1 is 1.20 bits per heavy atom. The van der Waals surface area contributed by atoms with Crippen LogP contribution in [0.3, 0.4) is 0 Å². The number of likely N-dealkylation sites (N-methyl/N-ethyl adjacent to an activating group) is 1. The summed E-state index contributed by atoms with van der Waals surface area (Å²) in [6, 6.07) is 10.4. The van der Waals surface area contributed by atoms with E-state index in [1.165, 1.54) is 0 Å². The number of hydrogen-bond donors (Lipinski definition) is 0. The summed E-state index contributed by atoms with van der Waals surface area (Å²) in [4.78, 5) is 28.9. The second-order valence-corrected chi connectivity index (χ2v) is 7.76. The Bertz CT molecular complexity index is 773.